The van der Waals surface area contributed by atoms with Crippen molar-refractivity contribution < 1.29 is 33.3 Å². The average molecular weight is 477 g/mol. The second kappa shape index (κ2) is 9.38. The number of carbonyl (C=O) groups excluding carboxylic acids is 3. The first-order valence-electron chi connectivity index (χ1n) is 12.7. The van der Waals surface area contributed by atoms with Crippen LogP contribution in [-0.4, -0.2) is 49.9 Å². The third kappa shape index (κ3) is 4.02. The Balaban J connectivity index is 1.60. The van der Waals surface area contributed by atoms with Crippen LogP contribution in [0.15, 0.2) is 11.6 Å². The van der Waals surface area contributed by atoms with Gasteiger partial charge in [-0.25, -0.2) is 0 Å². The van der Waals surface area contributed by atoms with Crippen LogP contribution in [0.1, 0.15) is 79.1 Å². The second-order valence-corrected chi connectivity index (χ2v) is 11.3. The molecule has 7 atom stereocenters. The molecule has 0 radical (unpaired) electrons. The van der Waals surface area contributed by atoms with Crippen molar-refractivity contribution in [1.29, 1.82) is 0 Å². The van der Waals surface area contributed by atoms with Gasteiger partial charge in [-0.1, -0.05) is 25.5 Å². The second-order valence-electron chi connectivity index (χ2n) is 11.3. The molecule has 0 amide bonds. The average Bonchev–Trinajstić information content (AvgIpc) is 3.09. The van der Waals surface area contributed by atoms with Crippen LogP contribution in [0.2, 0.25) is 0 Å². The van der Waals surface area contributed by atoms with E-state index in [1.807, 2.05) is 0 Å². The summed E-state index contributed by atoms with van der Waals surface area (Å²) in [6, 6.07) is 0. The predicted molar refractivity (Wildman–Crippen MR) is 125 cm³/mol. The maximum absolute atomic E-state index is 13.5. The summed E-state index contributed by atoms with van der Waals surface area (Å²) in [6.45, 7) is 7.21. The molecule has 0 aromatic carbocycles. The first-order valence-corrected chi connectivity index (χ1v) is 12.7. The number of carbonyl (C=O) groups is 3. The quantitative estimate of drug-likeness (QED) is 0.306. The third-order valence-corrected chi connectivity index (χ3v) is 9.79. The number of allylic oxidation sites excluding steroid dienone is 1. The molecule has 0 spiro atoms. The fourth-order valence-electron chi connectivity index (χ4n) is 8.18. The Hall–Kier alpha value is -1.73. The van der Waals surface area contributed by atoms with Crippen molar-refractivity contribution in [2.45, 2.75) is 90.8 Å². The molecule has 0 aromatic heterocycles. The summed E-state index contributed by atoms with van der Waals surface area (Å²) in [6.07, 6.45) is 9.61. The summed E-state index contributed by atoms with van der Waals surface area (Å²) in [7, 11) is 1.57. The van der Waals surface area contributed by atoms with Crippen LogP contribution in [0.25, 0.3) is 0 Å². The molecule has 3 fully saturated rings. The van der Waals surface area contributed by atoms with Gasteiger partial charge in [0.1, 0.15) is 18.5 Å². The van der Waals surface area contributed by atoms with E-state index in [0.717, 1.165) is 44.9 Å². The molecule has 0 aromatic rings. The summed E-state index contributed by atoms with van der Waals surface area (Å²) < 4.78 is 22.2. The van der Waals surface area contributed by atoms with E-state index in [-0.39, 0.29) is 42.1 Å². The zero-order valence-electron chi connectivity index (χ0n) is 21.3. The fraction of sp³-hybridized carbons (Fsp3) is 0.815. The van der Waals surface area contributed by atoms with E-state index in [1.165, 1.54) is 19.4 Å². The molecule has 34 heavy (non-hydrogen) atoms. The van der Waals surface area contributed by atoms with Crippen LogP contribution in [0.4, 0.5) is 0 Å². The van der Waals surface area contributed by atoms with Gasteiger partial charge in [-0.05, 0) is 68.1 Å². The lowest BCUT2D eigenvalue weighted by molar-refractivity contribution is -0.204. The molecule has 4 aliphatic carbocycles. The normalized spacial score (nSPS) is 40.9. The number of rotatable bonds is 7. The minimum absolute atomic E-state index is 0.0114. The number of methoxy groups -OCH3 is 1. The Morgan fingerprint density at radius 1 is 1.00 bits per heavy atom. The smallest absolute Gasteiger partial charge is 0.303 e. The van der Waals surface area contributed by atoms with Crippen LogP contribution in [-0.2, 0) is 33.3 Å². The number of Topliss-reactive ketones (excluding diaryl/α,β-unsaturated/α-hetero) is 1. The van der Waals surface area contributed by atoms with Gasteiger partial charge in [-0.2, -0.15) is 0 Å². The van der Waals surface area contributed by atoms with Gasteiger partial charge in [-0.3, -0.25) is 14.4 Å². The number of ketones is 1. The highest BCUT2D eigenvalue weighted by atomic mass is 16.7. The van der Waals surface area contributed by atoms with E-state index >= 15 is 0 Å². The monoisotopic (exact) mass is 476 g/mol. The molecule has 0 heterocycles. The molecule has 4 rings (SSSR count). The Kier molecular flexibility index (Phi) is 7.00. The molecule has 0 saturated heterocycles. The van der Waals surface area contributed by atoms with E-state index in [9.17, 15) is 14.4 Å². The Morgan fingerprint density at radius 2 is 1.74 bits per heavy atom. The van der Waals surface area contributed by atoms with Crippen molar-refractivity contribution in [3.63, 3.8) is 0 Å². The van der Waals surface area contributed by atoms with Gasteiger partial charge in [0.05, 0.1) is 0 Å². The van der Waals surface area contributed by atoms with Crippen LogP contribution in [0.5, 0.6) is 0 Å². The van der Waals surface area contributed by atoms with Crippen LogP contribution < -0.4 is 0 Å². The van der Waals surface area contributed by atoms with E-state index in [1.54, 1.807) is 7.11 Å². The summed E-state index contributed by atoms with van der Waals surface area (Å²) in [5.74, 6) is 0.570. The van der Waals surface area contributed by atoms with Gasteiger partial charge in [-0.15, -0.1) is 0 Å². The summed E-state index contributed by atoms with van der Waals surface area (Å²) in [5.41, 5.74) is 0.231. The number of hydrogen-bond acceptors (Lipinski definition) is 7. The Morgan fingerprint density at radius 3 is 2.41 bits per heavy atom. The van der Waals surface area contributed by atoms with Crippen molar-refractivity contribution in [2.24, 2.45) is 28.6 Å². The fourth-order valence-corrected chi connectivity index (χ4v) is 8.18. The minimum atomic E-state index is -0.994. The molecular weight excluding hydrogens is 436 g/mol. The SMILES string of the molecule is COCO[C@]1(C(=O)COC(C)=O)CC[C@H]2[C@@H]3CC=C4C[C@@H](OC(C)=O)CC[C@]4(C)[C@H]3CC[C@@]21C. The molecule has 4 aliphatic rings. The number of esters is 2. The zero-order chi connectivity index (χ0) is 24.7. The maximum atomic E-state index is 13.5. The molecule has 0 unspecified atom stereocenters. The van der Waals surface area contributed by atoms with Crippen molar-refractivity contribution in [3.8, 4) is 0 Å². The summed E-state index contributed by atoms with van der Waals surface area (Å²) >= 11 is 0. The highest BCUT2D eigenvalue weighted by molar-refractivity contribution is 5.91. The molecule has 190 valence electrons. The minimum Gasteiger partial charge on any atom is -0.462 e. The van der Waals surface area contributed by atoms with Crippen molar-refractivity contribution in [3.05, 3.63) is 11.6 Å². The maximum Gasteiger partial charge on any atom is 0.303 e. The molecule has 7 heteroatoms. The standard InChI is InChI=1S/C27H40O7/c1-17(28)32-15-24(30)27(33-16-31-5)13-10-23-21-7-6-19-14-20(34-18(2)29)8-11-25(19,3)22(21)9-12-26(23,27)4/h6,20-23H,7-16H2,1-5H3/t20-,21+,22-,23-,25-,26-,27-/m0/s1. The van der Waals surface area contributed by atoms with Crippen LogP contribution in [0, 0.1) is 28.6 Å². The van der Waals surface area contributed by atoms with Crippen molar-refractivity contribution in [2.75, 3.05) is 20.5 Å². The topological polar surface area (TPSA) is 88.1 Å². The highest BCUT2D eigenvalue weighted by Crippen LogP contribution is 2.68. The van der Waals surface area contributed by atoms with E-state index in [0.29, 0.717) is 24.2 Å². The van der Waals surface area contributed by atoms with E-state index in [4.69, 9.17) is 18.9 Å². The molecular formula is C27H40O7. The largest absolute Gasteiger partial charge is 0.462 e. The van der Waals surface area contributed by atoms with Crippen molar-refractivity contribution in [1.82, 2.24) is 0 Å². The van der Waals surface area contributed by atoms with Gasteiger partial charge in [0.25, 0.3) is 0 Å². The molecule has 3 saturated carbocycles. The lowest BCUT2D eigenvalue weighted by atomic mass is 9.46. The number of fused-ring (bicyclic) bond motifs is 5. The van der Waals surface area contributed by atoms with Crippen LogP contribution in [0.3, 0.4) is 0 Å². The van der Waals surface area contributed by atoms with Gasteiger partial charge >= 0.3 is 11.9 Å². The van der Waals surface area contributed by atoms with E-state index < -0.39 is 11.6 Å². The summed E-state index contributed by atoms with van der Waals surface area (Å²) in [4.78, 5) is 36.4. The van der Waals surface area contributed by atoms with Gasteiger partial charge < -0.3 is 18.9 Å². The lowest BCUT2D eigenvalue weighted by Crippen LogP contribution is -2.59. The Bertz CT molecular complexity index is 865. The predicted octanol–water partition coefficient (Wildman–Crippen LogP) is 4.37. The molecule has 7 nitrogen and oxygen atoms in total. The summed E-state index contributed by atoms with van der Waals surface area (Å²) in [5, 5.41) is 0. The van der Waals surface area contributed by atoms with Crippen LogP contribution >= 0.6 is 0 Å². The third-order valence-electron chi connectivity index (χ3n) is 9.79. The number of hydrogen-bond donors (Lipinski definition) is 0. The zero-order valence-corrected chi connectivity index (χ0v) is 21.3. The number of ether oxygens (including phenoxy) is 4. The molecule has 0 N–H and O–H groups in total. The van der Waals surface area contributed by atoms with Gasteiger partial charge in [0, 0.05) is 32.8 Å². The first-order chi connectivity index (χ1) is 16.1. The lowest BCUT2D eigenvalue weighted by Gasteiger charge is -2.59. The van der Waals surface area contributed by atoms with E-state index in [2.05, 4.69) is 19.9 Å². The highest BCUT2D eigenvalue weighted by Gasteiger charge is 2.67. The first kappa shape index (κ1) is 25.4. The van der Waals surface area contributed by atoms with Gasteiger partial charge in [0.2, 0.25) is 5.78 Å². The molecule has 0 bridgehead atoms. The molecule has 0 aliphatic heterocycles. The van der Waals surface area contributed by atoms with Crippen molar-refractivity contribution >= 4 is 17.7 Å². The Labute approximate surface area is 202 Å². The van der Waals surface area contributed by atoms with Gasteiger partial charge in [0.15, 0.2) is 6.61 Å².